The van der Waals surface area contributed by atoms with Gasteiger partial charge in [-0.05, 0) is 44.5 Å². The van der Waals surface area contributed by atoms with Crippen molar-refractivity contribution in [2.24, 2.45) is 9.98 Å². The van der Waals surface area contributed by atoms with Crippen LogP contribution in [0.1, 0.15) is 47.9 Å². The maximum atomic E-state index is 12.7. The topological polar surface area (TPSA) is 593 Å². The Morgan fingerprint density at radius 1 is 0.519 bits per heavy atom. The summed E-state index contributed by atoms with van der Waals surface area (Å²) in [5.74, 6) is -12.0. The summed E-state index contributed by atoms with van der Waals surface area (Å²) < 4.78 is 0. The van der Waals surface area contributed by atoms with E-state index in [0.29, 0.717) is 28.0 Å². The number of hydrogen-bond donors (Lipinski definition) is 13. The number of nitrogens with zero attached hydrogens (tertiary/aromatic N) is 6. The van der Waals surface area contributed by atoms with Crippen molar-refractivity contribution in [1.29, 1.82) is 0 Å². The van der Waals surface area contributed by atoms with Crippen LogP contribution in [0.5, 0.6) is 0 Å². The molecule has 40 nitrogen and oxygen atoms in total. The van der Waals surface area contributed by atoms with Crippen LogP contribution in [0.3, 0.4) is 0 Å². The van der Waals surface area contributed by atoms with Gasteiger partial charge in [-0.25, -0.2) is 33.6 Å². The minimum Gasteiger partial charge on any atom is -0.480 e. The molecule has 7 aliphatic rings. The number of likely N-dealkylation sites (N-methyl/N-ethyl adjacent to an activating group) is 2. The summed E-state index contributed by atoms with van der Waals surface area (Å²) in [6.45, 7) is 0. The molecular formula is C85H94N12O28S4. The fraction of sp³-hybridized carbons (Fsp3) is 0.318. The normalized spacial score (nSPS) is 20.9. The highest BCUT2D eigenvalue weighted by atomic mass is 32.2. The largest absolute Gasteiger partial charge is 0.480 e. The van der Waals surface area contributed by atoms with Gasteiger partial charge in [0.05, 0.1) is 63.5 Å². The number of aliphatic imine (C=N–C) groups is 2. The van der Waals surface area contributed by atoms with Crippen molar-refractivity contribution in [2.75, 3.05) is 58.2 Å². The number of hydroxylamine groups is 7. The Bertz CT molecular complexity index is 5130. The molecule has 686 valence electrons. The lowest BCUT2D eigenvalue weighted by Crippen LogP contribution is -2.70. The Balaban J connectivity index is 0.000000235. The number of carboxylic acids is 7. The number of carboxylic acid groups (broad SMARTS) is 7. The molecule has 10 unspecified atom stereocenters. The van der Waals surface area contributed by atoms with Gasteiger partial charge in [-0.3, -0.25) is 58.0 Å². The molecule has 44 heteroatoms. The van der Waals surface area contributed by atoms with Crippen molar-refractivity contribution in [3.63, 3.8) is 0 Å². The fourth-order valence-electron chi connectivity index (χ4n) is 12.6. The maximum Gasteiger partial charge on any atom is 0.354 e. The van der Waals surface area contributed by atoms with Crippen LogP contribution in [-0.2, 0) is 122 Å². The third-order valence-electron chi connectivity index (χ3n) is 18.7. The number of benzene rings is 4. The van der Waals surface area contributed by atoms with Crippen LogP contribution >= 0.6 is 47.0 Å². The number of carbonyl (C=O) groups excluding carboxylic acids is 9. The van der Waals surface area contributed by atoms with E-state index >= 15 is 0 Å². The minimum absolute atomic E-state index is 0. The summed E-state index contributed by atoms with van der Waals surface area (Å²) >= 11 is 4.76. The van der Waals surface area contributed by atoms with Crippen molar-refractivity contribution < 1.29 is 137 Å². The SMILES string of the molecule is CN(C)OC(=O)C/C=C/C=C1\CSC(C(NC(=O)Cc2ccccc2)C(=O)O)N=C1C(=O)O.CN1OC(=O)CC1/C=C/C1=C(C(=O)O)N2C(=O)C(NC(=O)Cc3ccccc3)C2SC1.CN1OC(=O)CC1/C=C/C1=C(C(=O)O)NC(C(NC(=O)Cc2ccccc2)C(=O)O)SC1.CNOC(=O)C/C=C/C=C1\CSC(C(NC(=O)Cc2ccccc2)C(=O)O)N=C1C(=O)O.O. The van der Waals surface area contributed by atoms with Crippen molar-refractivity contribution in [3.05, 3.63) is 238 Å². The van der Waals surface area contributed by atoms with Crippen molar-refractivity contribution in [3.8, 4) is 0 Å². The number of β-lactam (4-membered cyclic amide) rings is 1. The van der Waals surface area contributed by atoms with Crippen LogP contribution in [0.2, 0.25) is 0 Å². The molecule has 0 spiro atoms. The molecule has 3 saturated heterocycles. The number of carbonyl (C=O) groups is 16. The summed E-state index contributed by atoms with van der Waals surface area (Å²) in [4.78, 5) is 219. The summed E-state index contributed by atoms with van der Waals surface area (Å²) in [6.07, 6.45) is 16.0. The van der Waals surface area contributed by atoms with Gasteiger partial charge < -0.3 is 87.2 Å². The number of nitrogens with one attached hydrogen (secondary N) is 6. The van der Waals surface area contributed by atoms with Gasteiger partial charge >= 0.3 is 65.7 Å². The molecule has 0 bridgehead atoms. The molecule has 15 N–H and O–H groups in total. The van der Waals surface area contributed by atoms with E-state index in [1.807, 2.05) is 36.4 Å². The Hall–Kier alpha value is -13.3. The van der Waals surface area contributed by atoms with Crippen molar-refractivity contribution in [2.45, 2.75) is 109 Å². The standard InChI is InChI=1S/C22H25N3O7S.2C21H23N3O7S.C21H21N3O6S.H2O/c1-25(2)32-17(27)11-7-6-10-15-13-33-20(24-18(15)21(28)29)19(22(30)31)23-16(26)12-14-8-4-3-5-9-14;1-24-14(10-16(26)31-24)8-7-13-11-32-19(23-17(13)20(27)28)18(21(29)30)22-15(25)9-12-5-3-2-4-6-12;1-22-31-16(26)10-6-5-9-14-12-32-19(24-17(14)20(27)28)18(21(29)30)23-15(25)11-13-7-3-2-4-8-13;1-23-14(10-16(26)30-23)8-7-13-11-31-20-17(19(27)24(20)18(13)21(28)29)22-15(25)9-12-5-3-2-4-6-12;/h3-10,19-20H,11-13H2,1-2H3,(H,23,26)(H,28,29)(H,30,31);2-8,14,18-19,23H,9-11H2,1H3,(H,22,25)(H,27,28)(H,29,30);2-9,18-19,22H,10-12H2,1H3,(H,23,25)(H,27,28)(H,29,30);2-8,14,17,20H,9-11H2,1H3,(H,22,25)(H,28,29);1H2/b7-6+,15-10+;8-7+;6-5+,14-9+;8-7+;. The van der Waals surface area contributed by atoms with E-state index < -0.39 is 123 Å². The van der Waals surface area contributed by atoms with E-state index in [0.717, 1.165) is 45.8 Å². The average molecular weight is 1860 g/mol. The first-order valence-corrected chi connectivity index (χ1v) is 43.1. The number of thioether (sulfide) groups is 4. The molecule has 3 fully saturated rings. The van der Waals surface area contributed by atoms with Crippen LogP contribution in [0.25, 0.3) is 0 Å². The van der Waals surface area contributed by atoms with Crippen LogP contribution in [0.4, 0.5) is 0 Å². The van der Waals surface area contributed by atoms with Gasteiger partial charge in [0.15, 0.2) is 18.1 Å². The van der Waals surface area contributed by atoms with Crippen LogP contribution in [0, 0.1) is 0 Å². The van der Waals surface area contributed by atoms with Gasteiger partial charge in [0.2, 0.25) is 23.6 Å². The summed E-state index contributed by atoms with van der Waals surface area (Å²) in [7, 11) is 7.82. The Labute approximate surface area is 754 Å². The lowest BCUT2D eigenvalue weighted by atomic mass is 10.0. The van der Waals surface area contributed by atoms with E-state index in [-0.39, 0.29) is 127 Å². The second-order valence-electron chi connectivity index (χ2n) is 28.4. The predicted octanol–water partition coefficient (Wildman–Crippen LogP) is 2.62. The number of hydrogen-bond acceptors (Lipinski definition) is 31. The highest BCUT2D eigenvalue weighted by Crippen LogP contribution is 2.41. The molecule has 7 heterocycles. The third-order valence-corrected chi connectivity index (χ3v) is 23.6. The number of amides is 5. The lowest BCUT2D eigenvalue weighted by molar-refractivity contribution is -0.177. The molecular weight excluding hydrogens is 1770 g/mol. The molecule has 0 aromatic heterocycles. The number of fused-ring (bicyclic) bond motifs is 1. The molecule has 129 heavy (non-hydrogen) atoms. The van der Waals surface area contributed by atoms with E-state index in [2.05, 4.69) is 46.9 Å². The Kier molecular flexibility index (Phi) is 40.5. The van der Waals surface area contributed by atoms with Gasteiger partial charge in [0.1, 0.15) is 50.4 Å². The molecule has 10 atom stereocenters. The molecule has 0 radical (unpaired) electrons. The molecule has 4 aromatic carbocycles. The molecule has 4 aromatic rings. The first-order chi connectivity index (χ1) is 61.1. The first-order valence-electron chi connectivity index (χ1n) is 38.9. The molecule has 11 rings (SSSR count). The maximum absolute atomic E-state index is 12.7. The minimum atomic E-state index is -1.39. The van der Waals surface area contributed by atoms with Gasteiger partial charge in [0.25, 0.3) is 5.91 Å². The summed E-state index contributed by atoms with van der Waals surface area (Å²) in [6, 6.07) is 30.2. The smallest absolute Gasteiger partial charge is 0.354 e. The molecule has 7 aliphatic heterocycles. The second kappa shape index (κ2) is 50.9. The quantitative estimate of drug-likeness (QED) is 0.0236. The highest BCUT2D eigenvalue weighted by molar-refractivity contribution is 8.01. The van der Waals surface area contributed by atoms with Gasteiger partial charge in [-0.15, -0.1) is 62.2 Å². The van der Waals surface area contributed by atoms with E-state index in [9.17, 15) is 112 Å². The second-order valence-corrected chi connectivity index (χ2v) is 32.8. The lowest BCUT2D eigenvalue weighted by Gasteiger charge is -2.49. The van der Waals surface area contributed by atoms with Crippen molar-refractivity contribution in [1.82, 2.24) is 52.2 Å². The van der Waals surface area contributed by atoms with Gasteiger partial charge in [-0.1, -0.05) is 182 Å². The van der Waals surface area contributed by atoms with Crippen LogP contribution < -0.4 is 32.1 Å². The predicted molar refractivity (Wildman–Crippen MR) is 471 cm³/mol. The monoisotopic (exact) mass is 1860 g/mol. The Morgan fingerprint density at radius 2 is 0.915 bits per heavy atom. The number of aliphatic carboxylic acids is 7. The van der Waals surface area contributed by atoms with Gasteiger partial charge in [-0.2, -0.15) is 5.48 Å². The zero-order chi connectivity index (χ0) is 93.3. The number of rotatable bonds is 34. The van der Waals surface area contributed by atoms with E-state index in [4.69, 9.17) is 14.5 Å². The van der Waals surface area contributed by atoms with E-state index in [1.165, 1.54) is 87.1 Å². The summed E-state index contributed by atoms with van der Waals surface area (Å²) in [5.41, 5.74) is 6.06. The van der Waals surface area contributed by atoms with E-state index in [1.54, 1.807) is 137 Å². The average Bonchev–Trinajstić information content (AvgIpc) is 0.966. The molecule has 0 aliphatic carbocycles. The molecule has 5 amide bonds. The molecule has 0 saturated carbocycles. The van der Waals surface area contributed by atoms with Crippen molar-refractivity contribution >= 4 is 154 Å². The van der Waals surface area contributed by atoms with Crippen LogP contribution in [0.15, 0.2) is 226 Å². The highest BCUT2D eigenvalue weighted by Gasteiger charge is 2.54. The van der Waals surface area contributed by atoms with Crippen LogP contribution in [-0.4, -0.2) is 284 Å². The fourth-order valence-corrected chi connectivity index (χ4v) is 17.4. The Morgan fingerprint density at radius 3 is 1.29 bits per heavy atom. The zero-order valence-corrected chi connectivity index (χ0v) is 73.0. The summed E-state index contributed by atoms with van der Waals surface area (Å²) in [5, 5.41) is 80.7. The number of allylic oxidation sites excluding steroid dienone is 6. The first kappa shape index (κ1) is 103. The zero-order valence-electron chi connectivity index (χ0n) is 69.7. The third kappa shape index (κ3) is 31.9. The van der Waals surface area contributed by atoms with Gasteiger partial charge in [0, 0.05) is 58.2 Å².